The molecule has 0 unspecified atom stereocenters. The molecule has 14 heavy (non-hydrogen) atoms. The zero-order valence-corrected chi connectivity index (χ0v) is 9.19. The maximum atomic E-state index is 4.22. The van der Waals surface area contributed by atoms with Crippen LogP contribution in [-0.4, -0.2) is 25.5 Å². The molecule has 0 aliphatic heterocycles. The van der Waals surface area contributed by atoms with Crippen LogP contribution in [0.3, 0.4) is 0 Å². The van der Waals surface area contributed by atoms with Crippen LogP contribution in [0.25, 0.3) is 0 Å². The number of unbranched alkanes of at least 4 members (excludes halogenated alkanes) is 1. The van der Waals surface area contributed by atoms with Crippen molar-refractivity contribution in [1.82, 2.24) is 0 Å². The highest BCUT2D eigenvalue weighted by molar-refractivity contribution is 5.71. The fourth-order valence-electron chi connectivity index (χ4n) is 0.849. The third kappa shape index (κ3) is 10.8. The molecular formula is C12H20N2. The molecule has 0 radical (unpaired) electrons. The average Bonchev–Trinajstić information content (AvgIpc) is 2.21. The van der Waals surface area contributed by atoms with Gasteiger partial charge in [0.15, 0.2) is 0 Å². The number of allylic oxidation sites excluding steroid dienone is 4. The van der Waals surface area contributed by atoms with Crippen molar-refractivity contribution in [2.75, 3.05) is 13.1 Å². The van der Waals surface area contributed by atoms with Crippen molar-refractivity contribution in [3.05, 3.63) is 24.3 Å². The van der Waals surface area contributed by atoms with Gasteiger partial charge in [-0.25, -0.2) is 0 Å². The first kappa shape index (κ1) is 12.8. The van der Waals surface area contributed by atoms with E-state index in [9.17, 15) is 0 Å². The topological polar surface area (TPSA) is 24.7 Å². The summed E-state index contributed by atoms with van der Waals surface area (Å²) in [6, 6.07) is 0. The first-order valence-electron chi connectivity index (χ1n) is 5.14. The Morgan fingerprint density at radius 2 is 1.21 bits per heavy atom. The standard InChI is InChI=1S/C12H20N2/c1-3-5-9-13-11-7-8-12-14-10-6-4-2/h3-6,9-10H,7-8,11-12H2,1-2H3. The summed E-state index contributed by atoms with van der Waals surface area (Å²) in [5.74, 6) is 0. The normalized spacial score (nSPS) is 13.0. The fraction of sp³-hybridized carbons (Fsp3) is 0.500. The van der Waals surface area contributed by atoms with E-state index in [-0.39, 0.29) is 0 Å². The van der Waals surface area contributed by atoms with Crippen LogP contribution in [0.15, 0.2) is 34.3 Å². The Morgan fingerprint density at radius 3 is 1.57 bits per heavy atom. The van der Waals surface area contributed by atoms with Gasteiger partial charge in [0.2, 0.25) is 0 Å². The predicted molar refractivity (Wildman–Crippen MR) is 65.6 cm³/mol. The van der Waals surface area contributed by atoms with Crippen molar-refractivity contribution in [3.8, 4) is 0 Å². The molecule has 2 nitrogen and oxygen atoms in total. The molecule has 0 aliphatic rings. The summed E-state index contributed by atoms with van der Waals surface area (Å²) < 4.78 is 0. The minimum Gasteiger partial charge on any atom is -0.293 e. The van der Waals surface area contributed by atoms with Gasteiger partial charge in [-0.3, -0.25) is 9.98 Å². The summed E-state index contributed by atoms with van der Waals surface area (Å²) in [5, 5.41) is 0. The molecule has 0 aliphatic carbocycles. The molecule has 0 N–H and O–H groups in total. The molecule has 0 heterocycles. The molecule has 0 saturated carbocycles. The lowest BCUT2D eigenvalue weighted by Gasteiger charge is -1.91. The van der Waals surface area contributed by atoms with E-state index in [0.29, 0.717) is 0 Å². The van der Waals surface area contributed by atoms with Gasteiger partial charge < -0.3 is 0 Å². The number of hydrogen-bond acceptors (Lipinski definition) is 2. The summed E-state index contributed by atoms with van der Waals surface area (Å²) in [4.78, 5) is 8.43. The second kappa shape index (κ2) is 11.8. The molecule has 2 heteroatoms. The molecule has 0 fully saturated rings. The maximum absolute atomic E-state index is 4.22. The van der Waals surface area contributed by atoms with Crippen LogP contribution in [0, 0.1) is 0 Å². The molecule has 0 spiro atoms. The predicted octanol–water partition coefficient (Wildman–Crippen LogP) is 3.06. The summed E-state index contributed by atoms with van der Waals surface area (Å²) in [6.07, 6.45) is 13.8. The molecule has 0 rings (SSSR count). The average molecular weight is 192 g/mol. The Labute approximate surface area is 87.2 Å². The molecular weight excluding hydrogens is 172 g/mol. The Kier molecular flexibility index (Phi) is 10.8. The number of hydrogen-bond donors (Lipinski definition) is 0. The Hall–Kier alpha value is -1.18. The van der Waals surface area contributed by atoms with Crippen molar-refractivity contribution in [3.63, 3.8) is 0 Å². The van der Waals surface area contributed by atoms with Crippen LogP contribution in [0.5, 0.6) is 0 Å². The molecule has 0 aromatic heterocycles. The minimum atomic E-state index is 0.906. The number of aliphatic imine (C=N–C) groups is 2. The monoisotopic (exact) mass is 192 g/mol. The van der Waals surface area contributed by atoms with Gasteiger partial charge in [0.05, 0.1) is 0 Å². The Balaban J connectivity index is 3.21. The van der Waals surface area contributed by atoms with Crippen LogP contribution >= 0.6 is 0 Å². The van der Waals surface area contributed by atoms with E-state index >= 15 is 0 Å². The third-order valence-corrected chi connectivity index (χ3v) is 1.59. The molecule has 0 aromatic rings. The van der Waals surface area contributed by atoms with Crippen molar-refractivity contribution < 1.29 is 0 Å². The van der Waals surface area contributed by atoms with Gasteiger partial charge in [0.25, 0.3) is 0 Å². The van der Waals surface area contributed by atoms with Crippen molar-refractivity contribution in [1.29, 1.82) is 0 Å². The van der Waals surface area contributed by atoms with Crippen molar-refractivity contribution >= 4 is 12.4 Å². The maximum Gasteiger partial charge on any atom is 0.0389 e. The lowest BCUT2D eigenvalue weighted by Crippen LogP contribution is -1.86. The largest absolute Gasteiger partial charge is 0.293 e. The van der Waals surface area contributed by atoms with E-state index in [1.165, 1.54) is 0 Å². The van der Waals surface area contributed by atoms with Gasteiger partial charge in [-0.1, -0.05) is 12.2 Å². The van der Waals surface area contributed by atoms with E-state index in [1.54, 1.807) is 0 Å². The van der Waals surface area contributed by atoms with Crippen LogP contribution in [0.4, 0.5) is 0 Å². The van der Waals surface area contributed by atoms with Crippen molar-refractivity contribution in [2.45, 2.75) is 26.7 Å². The Bertz CT molecular complexity index is 188. The lowest BCUT2D eigenvalue weighted by molar-refractivity contribution is 0.760. The van der Waals surface area contributed by atoms with E-state index in [1.807, 2.05) is 50.6 Å². The minimum absolute atomic E-state index is 0.906. The highest BCUT2D eigenvalue weighted by Crippen LogP contribution is 1.89. The lowest BCUT2D eigenvalue weighted by atomic mass is 10.3. The smallest absolute Gasteiger partial charge is 0.0389 e. The molecule has 0 amide bonds. The van der Waals surface area contributed by atoms with Crippen LogP contribution in [-0.2, 0) is 0 Å². The van der Waals surface area contributed by atoms with Crippen LogP contribution < -0.4 is 0 Å². The van der Waals surface area contributed by atoms with Crippen LogP contribution in [0.2, 0.25) is 0 Å². The van der Waals surface area contributed by atoms with E-state index in [0.717, 1.165) is 25.9 Å². The highest BCUT2D eigenvalue weighted by Gasteiger charge is 1.82. The second-order valence-corrected chi connectivity index (χ2v) is 2.87. The first-order valence-corrected chi connectivity index (χ1v) is 5.14. The van der Waals surface area contributed by atoms with Gasteiger partial charge >= 0.3 is 0 Å². The molecule has 0 saturated heterocycles. The second-order valence-electron chi connectivity index (χ2n) is 2.87. The van der Waals surface area contributed by atoms with Gasteiger partial charge in [0, 0.05) is 25.5 Å². The Morgan fingerprint density at radius 1 is 0.786 bits per heavy atom. The third-order valence-electron chi connectivity index (χ3n) is 1.59. The van der Waals surface area contributed by atoms with Gasteiger partial charge in [0.1, 0.15) is 0 Å². The van der Waals surface area contributed by atoms with E-state index in [2.05, 4.69) is 9.98 Å². The van der Waals surface area contributed by atoms with Gasteiger partial charge in [-0.05, 0) is 38.8 Å². The summed E-state index contributed by atoms with van der Waals surface area (Å²) >= 11 is 0. The van der Waals surface area contributed by atoms with E-state index < -0.39 is 0 Å². The summed E-state index contributed by atoms with van der Waals surface area (Å²) in [6.45, 7) is 5.79. The van der Waals surface area contributed by atoms with Crippen molar-refractivity contribution in [2.24, 2.45) is 9.98 Å². The summed E-state index contributed by atoms with van der Waals surface area (Å²) in [5.41, 5.74) is 0. The van der Waals surface area contributed by atoms with Gasteiger partial charge in [-0.15, -0.1) is 0 Å². The highest BCUT2D eigenvalue weighted by atomic mass is 14.7. The van der Waals surface area contributed by atoms with Gasteiger partial charge in [-0.2, -0.15) is 0 Å². The molecule has 0 atom stereocenters. The molecule has 78 valence electrons. The molecule has 0 aromatic carbocycles. The van der Waals surface area contributed by atoms with E-state index in [4.69, 9.17) is 0 Å². The quantitative estimate of drug-likeness (QED) is 0.437. The number of nitrogens with zero attached hydrogens (tertiary/aromatic N) is 2. The molecule has 0 bridgehead atoms. The summed E-state index contributed by atoms with van der Waals surface area (Å²) in [7, 11) is 0. The zero-order chi connectivity index (χ0) is 10.5. The zero-order valence-electron chi connectivity index (χ0n) is 9.19. The SMILES string of the molecule is CC=CC=NCCCCN=CC=CC. The first-order chi connectivity index (χ1) is 6.91. The fourth-order valence-corrected chi connectivity index (χ4v) is 0.849. The van der Waals surface area contributed by atoms with Crippen LogP contribution in [0.1, 0.15) is 26.7 Å². The number of rotatable bonds is 7.